The molecule has 0 bridgehead atoms. The molecule has 0 amide bonds. The summed E-state index contributed by atoms with van der Waals surface area (Å²) in [5, 5.41) is 3.66. The van der Waals surface area contributed by atoms with Crippen molar-refractivity contribution in [1.29, 1.82) is 0 Å². The SMILES string of the molecule is C[Si](C)(C)C1CCC2C(C1)SC1CC3SC4CC([Si](C)(C)C)CCC4N4C5CCC([Si](C)(C)C)CC5B5C6CC([Si](C)(C)C)CCC6N2C1C5C34. The van der Waals surface area contributed by atoms with Crippen LogP contribution in [0.5, 0.6) is 0 Å². The van der Waals surface area contributed by atoms with Crippen molar-refractivity contribution in [1.82, 2.24) is 9.80 Å². The van der Waals surface area contributed by atoms with Crippen LogP contribution < -0.4 is 0 Å². The molecule has 5 saturated carbocycles. The summed E-state index contributed by atoms with van der Waals surface area (Å²) in [5.74, 6) is 2.95. The molecule has 16 atom stereocenters. The van der Waals surface area contributed by atoms with E-state index in [-0.39, 0.29) is 0 Å². The molecule has 0 spiro atoms. The van der Waals surface area contributed by atoms with Gasteiger partial charge in [0.1, 0.15) is 0 Å². The molecule has 9 heteroatoms. The Kier molecular flexibility index (Phi) is 9.73. The van der Waals surface area contributed by atoms with Crippen molar-refractivity contribution in [2.45, 2.75) is 259 Å². The van der Waals surface area contributed by atoms with Crippen LogP contribution in [0.15, 0.2) is 0 Å². The van der Waals surface area contributed by atoms with Crippen molar-refractivity contribution in [3.8, 4) is 0 Å². The maximum absolute atomic E-state index is 3.50. The Bertz CT molecular complexity index is 1230. The van der Waals surface area contributed by atoms with Gasteiger partial charge in [-0.2, -0.15) is 23.5 Å². The van der Waals surface area contributed by atoms with Crippen molar-refractivity contribution in [3.63, 3.8) is 0 Å². The van der Waals surface area contributed by atoms with E-state index in [1.54, 1.807) is 70.6 Å². The number of fused-ring (bicyclic) bond motifs is 10. The summed E-state index contributed by atoms with van der Waals surface area (Å²) >= 11 is 5.28. The van der Waals surface area contributed by atoms with Crippen LogP contribution in [-0.2, 0) is 0 Å². The van der Waals surface area contributed by atoms with E-state index in [0.29, 0.717) is 0 Å². The van der Waals surface area contributed by atoms with Crippen LogP contribution in [0.2, 0.25) is 118 Å². The molecule has 288 valence electrons. The van der Waals surface area contributed by atoms with Crippen LogP contribution >= 0.6 is 23.5 Å². The summed E-state index contributed by atoms with van der Waals surface area (Å²) in [6, 6.07) is 5.38. The molecule has 16 unspecified atom stereocenters. The van der Waals surface area contributed by atoms with E-state index < -0.39 is 32.3 Å². The minimum atomic E-state index is -1.19. The Morgan fingerprint density at radius 3 is 1.08 bits per heavy atom. The first-order chi connectivity index (χ1) is 23.8. The molecule has 9 rings (SSSR count). The minimum Gasteiger partial charge on any atom is -0.293 e. The van der Waals surface area contributed by atoms with Gasteiger partial charge in [-0.3, -0.25) is 9.80 Å². The molecule has 5 aliphatic carbocycles. The lowest BCUT2D eigenvalue weighted by Gasteiger charge is -2.75. The summed E-state index contributed by atoms with van der Waals surface area (Å²) in [7, 11) is -4.64. The predicted molar refractivity (Wildman–Crippen MR) is 242 cm³/mol. The lowest BCUT2D eigenvalue weighted by atomic mass is 9.18. The second-order valence-electron chi connectivity index (χ2n) is 24.8. The molecule has 4 aliphatic heterocycles. The maximum Gasteiger partial charge on any atom is 0.156 e. The quantitative estimate of drug-likeness (QED) is 0.261. The first kappa shape index (κ1) is 38.1. The molecular formula is C42H79BN2S2Si4. The van der Waals surface area contributed by atoms with Crippen LogP contribution in [-0.4, -0.2) is 106 Å². The molecule has 0 N–H and O–H groups in total. The summed E-state index contributed by atoms with van der Waals surface area (Å²) in [4.78, 5) is 7.01. The number of hydrogen-bond acceptors (Lipinski definition) is 4. The van der Waals surface area contributed by atoms with Crippen molar-refractivity contribution in [2.24, 2.45) is 0 Å². The molecule has 0 aromatic heterocycles. The Morgan fingerprint density at radius 1 is 0.392 bits per heavy atom. The van der Waals surface area contributed by atoms with Gasteiger partial charge < -0.3 is 0 Å². The molecule has 0 aromatic rings. The van der Waals surface area contributed by atoms with E-state index in [4.69, 9.17) is 0 Å². The van der Waals surface area contributed by atoms with E-state index in [2.05, 4.69) is 112 Å². The number of hydrogen-bond donors (Lipinski definition) is 0. The van der Waals surface area contributed by atoms with Crippen molar-refractivity contribution in [2.75, 3.05) is 0 Å². The molecule has 0 radical (unpaired) electrons. The van der Waals surface area contributed by atoms with Gasteiger partial charge in [0, 0.05) is 89.5 Å². The Labute approximate surface area is 329 Å². The number of rotatable bonds is 4. The van der Waals surface area contributed by atoms with E-state index in [1.807, 2.05) is 0 Å². The van der Waals surface area contributed by atoms with Gasteiger partial charge in [-0.05, 0) is 84.6 Å². The highest BCUT2D eigenvalue weighted by atomic mass is 32.2. The van der Waals surface area contributed by atoms with Crippen LogP contribution in [0, 0.1) is 0 Å². The van der Waals surface area contributed by atoms with Gasteiger partial charge in [-0.1, -0.05) is 117 Å². The third-order valence-electron chi connectivity index (χ3n) is 18.5. The van der Waals surface area contributed by atoms with Crippen LogP contribution in [0.3, 0.4) is 0 Å². The van der Waals surface area contributed by atoms with Gasteiger partial charge in [-0.25, -0.2) is 0 Å². The normalized spacial score (nSPS) is 50.4. The maximum atomic E-state index is 3.50. The Balaban J connectivity index is 1.16. The molecular weight excluding hydrogens is 720 g/mol. The highest BCUT2D eigenvalue weighted by molar-refractivity contribution is 8.01. The summed E-state index contributed by atoms with van der Waals surface area (Å²) in [6.07, 6.45) is 20.3. The molecule has 4 heterocycles. The number of thioether (sulfide) groups is 2. The average molecular weight is 799 g/mol. The Hall–Kier alpha value is 1.55. The fourth-order valence-corrected chi connectivity index (χ4v) is 28.3. The van der Waals surface area contributed by atoms with Crippen molar-refractivity contribution >= 4 is 62.5 Å². The molecule has 9 aliphatic rings. The molecule has 4 saturated heterocycles. The fraction of sp³-hybridized carbons (Fsp3) is 1.00. The van der Waals surface area contributed by atoms with E-state index in [9.17, 15) is 0 Å². The molecule has 2 nitrogen and oxygen atoms in total. The van der Waals surface area contributed by atoms with E-state index in [1.165, 1.54) is 12.8 Å². The average Bonchev–Trinajstić information content (AvgIpc) is 3.04. The fourth-order valence-electron chi connectivity index (χ4n) is 15.7. The topological polar surface area (TPSA) is 6.48 Å². The second kappa shape index (κ2) is 13.0. The van der Waals surface area contributed by atoms with Gasteiger partial charge in [0.05, 0.1) is 0 Å². The molecule has 9 fully saturated rings. The lowest BCUT2D eigenvalue weighted by Crippen LogP contribution is -2.81. The summed E-state index contributed by atoms with van der Waals surface area (Å²) < 4.78 is 0. The monoisotopic (exact) mass is 798 g/mol. The van der Waals surface area contributed by atoms with Gasteiger partial charge in [-0.15, -0.1) is 0 Å². The minimum absolute atomic E-state index is 0.890. The van der Waals surface area contributed by atoms with Crippen LogP contribution in [0.25, 0.3) is 0 Å². The third-order valence-corrected chi connectivity index (χ3v) is 33.8. The van der Waals surface area contributed by atoms with Crippen molar-refractivity contribution < 1.29 is 0 Å². The lowest BCUT2D eigenvalue weighted by molar-refractivity contribution is -0.0559. The summed E-state index contributed by atoms with van der Waals surface area (Å²) in [5.41, 5.74) is 4.20. The first-order valence-electron chi connectivity index (χ1n) is 22.7. The first-order valence-corrected chi connectivity index (χ1v) is 38.9. The van der Waals surface area contributed by atoms with E-state index >= 15 is 0 Å². The summed E-state index contributed by atoms with van der Waals surface area (Å²) in [6.45, 7) is 33.8. The largest absolute Gasteiger partial charge is 0.293 e. The van der Waals surface area contributed by atoms with E-state index in [0.717, 1.165) is 104 Å². The smallest absolute Gasteiger partial charge is 0.156 e. The predicted octanol–water partition coefficient (Wildman–Crippen LogP) is 12.4. The highest BCUT2D eigenvalue weighted by Crippen LogP contribution is 2.70. The van der Waals surface area contributed by atoms with Crippen LogP contribution in [0.1, 0.15) is 83.5 Å². The van der Waals surface area contributed by atoms with Crippen LogP contribution in [0.4, 0.5) is 0 Å². The highest BCUT2D eigenvalue weighted by Gasteiger charge is 2.71. The van der Waals surface area contributed by atoms with Gasteiger partial charge in [0.2, 0.25) is 0 Å². The zero-order valence-corrected chi connectivity index (χ0v) is 40.9. The number of nitrogens with zero attached hydrogens (tertiary/aromatic N) is 2. The zero-order chi connectivity index (χ0) is 36.2. The Morgan fingerprint density at radius 2 is 0.725 bits per heavy atom. The molecule has 0 aromatic carbocycles. The van der Waals surface area contributed by atoms with Gasteiger partial charge in [0.15, 0.2) is 6.71 Å². The van der Waals surface area contributed by atoms with Crippen molar-refractivity contribution in [3.05, 3.63) is 0 Å². The second-order valence-corrected chi connectivity index (χ2v) is 50.0. The molecule has 51 heavy (non-hydrogen) atoms. The zero-order valence-electron chi connectivity index (χ0n) is 35.3. The van der Waals surface area contributed by atoms with Gasteiger partial charge >= 0.3 is 0 Å². The third kappa shape index (κ3) is 6.32. The van der Waals surface area contributed by atoms with Gasteiger partial charge in [0.25, 0.3) is 0 Å². The standard InChI is InChI=1S/C42H79BN2S2Si4/c1-48(2,3)26-13-17-32-30(21-26)43-31-22-27(49(4,5)6)14-18-33(31)45-35-20-16-29(51(10,11)12)24-37(35)47-39-25-38-41(40(43)42(39)45)44(32)34-19-15-28(50(7,8)9)23-36(34)46-38/h26-42H,13-25H2,1-12H3.